The topological polar surface area (TPSA) is 83.5 Å². The van der Waals surface area contributed by atoms with E-state index in [0.717, 1.165) is 0 Å². The van der Waals surface area contributed by atoms with Gasteiger partial charge in [-0.1, -0.05) is 18.2 Å². The van der Waals surface area contributed by atoms with Gasteiger partial charge < -0.3 is 14.1 Å². The van der Waals surface area contributed by atoms with Gasteiger partial charge in [0.1, 0.15) is 11.3 Å². The molecule has 0 fully saturated rings. The molecule has 0 aliphatic carbocycles. The SMILES string of the molecule is Cc1occc1C(=O)OCC(=O)N(CCC#N)c1ccccc1. The number of nitriles is 1. The summed E-state index contributed by atoms with van der Waals surface area (Å²) in [5.41, 5.74) is 0.948. The van der Waals surface area contributed by atoms with Crippen LogP contribution in [0, 0.1) is 18.3 Å². The van der Waals surface area contributed by atoms with Crippen LogP contribution < -0.4 is 4.90 Å². The van der Waals surface area contributed by atoms with Crippen molar-refractivity contribution in [3.63, 3.8) is 0 Å². The van der Waals surface area contributed by atoms with Gasteiger partial charge in [0, 0.05) is 12.2 Å². The number of amides is 1. The van der Waals surface area contributed by atoms with Crippen LogP contribution in [-0.2, 0) is 9.53 Å². The summed E-state index contributed by atoms with van der Waals surface area (Å²) < 4.78 is 10.1. The average molecular weight is 312 g/mol. The molecule has 0 aliphatic rings. The molecule has 0 atom stereocenters. The molecule has 0 saturated carbocycles. The fraction of sp³-hybridized carbons (Fsp3) is 0.235. The molecule has 6 heteroatoms. The maximum atomic E-state index is 12.3. The molecule has 2 aromatic rings. The normalized spacial score (nSPS) is 9.91. The second-order valence-electron chi connectivity index (χ2n) is 4.76. The minimum Gasteiger partial charge on any atom is -0.469 e. The van der Waals surface area contributed by atoms with Gasteiger partial charge in [0.15, 0.2) is 6.61 Å². The summed E-state index contributed by atoms with van der Waals surface area (Å²) in [7, 11) is 0. The minimum absolute atomic E-state index is 0.190. The molecule has 118 valence electrons. The Labute approximate surface area is 133 Å². The van der Waals surface area contributed by atoms with Gasteiger partial charge in [-0.05, 0) is 25.1 Å². The molecule has 1 aromatic heterocycles. The molecule has 0 aliphatic heterocycles. The number of carbonyl (C=O) groups excluding carboxylic acids is 2. The Balaban J connectivity index is 2.02. The summed E-state index contributed by atoms with van der Waals surface area (Å²) in [4.78, 5) is 25.7. The van der Waals surface area contributed by atoms with E-state index in [4.69, 9.17) is 14.4 Å². The molecule has 6 nitrogen and oxygen atoms in total. The molecule has 1 heterocycles. The first-order valence-electron chi connectivity index (χ1n) is 7.07. The number of para-hydroxylation sites is 1. The number of hydrogen-bond donors (Lipinski definition) is 0. The highest BCUT2D eigenvalue weighted by atomic mass is 16.5. The summed E-state index contributed by atoms with van der Waals surface area (Å²) in [6, 6.07) is 12.4. The maximum absolute atomic E-state index is 12.3. The van der Waals surface area contributed by atoms with Crippen LogP contribution in [0.15, 0.2) is 47.1 Å². The number of hydrogen-bond acceptors (Lipinski definition) is 5. The van der Waals surface area contributed by atoms with Crippen LogP contribution in [-0.4, -0.2) is 25.0 Å². The number of benzene rings is 1. The zero-order valence-electron chi connectivity index (χ0n) is 12.7. The lowest BCUT2D eigenvalue weighted by atomic mass is 10.2. The number of anilines is 1. The predicted octanol–water partition coefficient (Wildman–Crippen LogP) is 2.69. The molecular formula is C17H16N2O4. The highest BCUT2D eigenvalue weighted by Gasteiger charge is 2.19. The third kappa shape index (κ3) is 4.20. The fourth-order valence-corrected chi connectivity index (χ4v) is 2.05. The van der Waals surface area contributed by atoms with Crippen molar-refractivity contribution < 1.29 is 18.7 Å². The molecule has 0 bridgehead atoms. The van der Waals surface area contributed by atoms with Gasteiger partial charge in [-0.25, -0.2) is 4.79 Å². The van der Waals surface area contributed by atoms with E-state index in [2.05, 4.69) is 0 Å². The quantitative estimate of drug-likeness (QED) is 0.766. The maximum Gasteiger partial charge on any atom is 0.342 e. The van der Waals surface area contributed by atoms with E-state index in [1.165, 1.54) is 17.2 Å². The van der Waals surface area contributed by atoms with Crippen LogP contribution in [0.3, 0.4) is 0 Å². The van der Waals surface area contributed by atoms with Crippen molar-refractivity contribution in [3.8, 4) is 6.07 Å². The van der Waals surface area contributed by atoms with Crippen LogP contribution in [0.5, 0.6) is 0 Å². The Morgan fingerprint density at radius 2 is 2.00 bits per heavy atom. The van der Waals surface area contributed by atoms with Gasteiger partial charge >= 0.3 is 5.97 Å². The second-order valence-corrected chi connectivity index (χ2v) is 4.76. The number of rotatable bonds is 6. The Morgan fingerprint density at radius 1 is 1.26 bits per heavy atom. The zero-order valence-corrected chi connectivity index (χ0v) is 12.7. The largest absolute Gasteiger partial charge is 0.469 e. The number of furan rings is 1. The molecule has 1 aromatic carbocycles. The Hall–Kier alpha value is -3.07. The van der Waals surface area contributed by atoms with Crippen molar-refractivity contribution in [3.05, 3.63) is 54.0 Å². The number of esters is 1. The Morgan fingerprint density at radius 3 is 2.61 bits per heavy atom. The molecule has 23 heavy (non-hydrogen) atoms. The van der Waals surface area contributed by atoms with E-state index >= 15 is 0 Å². The fourth-order valence-electron chi connectivity index (χ4n) is 2.05. The predicted molar refractivity (Wildman–Crippen MR) is 82.8 cm³/mol. The molecule has 0 spiro atoms. The van der Waals surface area contributed by atoms with Gasteiger partial charge in [0.2, 0.25) is 0 Å². The van der Waals surface area contributed by atoms with Gasteiger partial charge in [0.05, 0.1) is 18.8 Å². The monoisotopic (exact) mass is 312 g/mol. The van der Waals surface area contributed by atoms with Gasteiger partial charge in [-0.2, -0.15) is 5.26 Å². The summed E-state index contributed by atoms with van der Waals surface area (Å²) in [6.07, 6.45) is 1.58. The summed E-state index contributed by atoms with van der Waals surface area (Å²) in [6.45, 7) is 1.48. The van der Waals surface area contributed by atoms with E-state index in [1.54, 1.807) is 31.2 Å². The lowest BCUT2D eigenvalue weighted by Crippen LogP contribution is -2.35. The highest BCUT2D eigenvalue weighted by Crippen LogP contribution is 2.15. The first-order chi connectivity index (χ1) is 11.1. The number of aryl methyl sites for hydroxylation is 1. The van der Waals surface area contributed by atoms with Crippen molar-refractivity contribution in [2.75, 3.05) is 18.1 Å². The van der Waals surface area contributed by atoms with Crippen LogP contribution >= 0.6 is 0 Å². The molecule has 0 saturated heterocycles. The molecule has 0 N–H and O–H groups in total. The first kappa shape index (κ1) is 16.3. The molecule has 2 rings (SSSR count). The van der Waals surface area contributed by atoms with Crippen LogP contribution in [0.2, 0.25) is 0 Å². The van der Waals surface area contributed by atoms with Crippen molar-refractivity contribution in [2.24, 2.45) is 0 Å². The van der Waals surface area contributed by atoms with Gasteiger partial charge in [0.25, 0.3) is 5.91 Å². The number of ether oxygens (including phenoxy) is 1. The van der Waals surface area contributed by atoms with E-state index < -0.39 is 12.6 Å². The van der Waals surface area contributed by atoms with Crippen molar-refractivity contribution in [1.29, 1.82) is 5.26 Å². The zero-order chi connectivity index (χ0) is 16.7. The standard InChI is InChI=1S/C17H16N2O4/c1-13-15(8-11-22-13)17(21)23-12-16(20)19(10-5-9-18)14-6-3-2-4-7-14/h2-4,6-8,11H,5,10,12H2,1H3. The Bertz CT molecular complexity index is 716. The summed E-state index contributed by atoms with van der Waals surface area (Å²) in [5, 5.41) is 8.73. The van der Waals surface area contributed by atoms with Gasteiger partial charge in [-0.15, -0.1) is 0 Å². The molecule has 0 unspecified atom stereocenters. The van der Waals surface area contributed by atoms with Crippen LogP contribution in [0.1, 0.15) is 22.5 Å². The van der Waals surface area contributed by atoms with E-state index in [9.17, 15) is 9.59 Å². The first-order valence-corrected chi connectivity index (χ1v) is 7.07. The van der Waals surface area contributed by atoms with E-state index in [0.29, 0.717) is 17.0 Å². The van der Waals surface area contributed by atoms with E-state index in [-0.39, 0.29) is 18.9 Å². The number of nitrogens with zero attached hydrogens (tertiary/aromatic N) is 2. The van der Waals surface area contributed by atoms with E-state index in [1.807, 2.05) is 12.1 Å². The van der Waals surface area contributed by atoms with Crippen molar-refractivity contribution in [1.82, 2.24) is 0 Å². The molecule has 1 amide bonds. The van der Waals surface area contributed by atoms with Gasteiger partial charge in [-0.3, -0.25) is 4.79 Å². The minimum atomic E-state index is -0.613. The summed E-state index contributed by atoms with van der Waals surface area (Å²) in [5.74, 6) is -0.564. The third-order valence-electron chi connectivity index (χ3n) is 3.22. The number of carbonyl (C=O) groups is 2. The van der Waals surface area contributed by atoms with Crippen LogP contribution in [0.25, 0.3) is 0 Å². The smallest absolute Gasteiger partial charge is 0.342 e. The average Bonchev–Trinajstić information content (AvgIpc) is 3.00. The highest BCUT2D eigenvalue weighted by molar-refractivity contribution is 5.97. The molecule has 0 radical (unpaired) electrons. The third-order valence-corrected chi connectivity index (χ3v) is 3.22. The Kier molecular flexibility index (Phi) is 5.53. The van der Waals surface area contributed by atoms with Crippen LogP contribution in [0.4, 0.5) is 5.69 Å². The van der Waals surface area contributed by atoms with Crippen molar-refractivity contribution >= 4 is 17.6 Å². The van der Waals surface area contributed by atoms with Crippen molar-refractivity contribution in [2.45, 2.75) is 13.3 Å². The lowest BCUT2D eigenvalue weighted by molar-refractivity contribution is -0.121. The molecular weight excluding hydrogens is 296 g/mol. The summed E-state index contributed by atoms with van der Waals surface area (Å²) >= 11 is 0. The second kappa shape index (κ2) is 7.80. The lowest BCUT2D eigenvalue weighted by Gasteiger charge is -2.21.